The van der Waals surface area contributed by atoms with Gasteiger partial charge in [-0.2, -0.15) is 5.10 Å². The molecule has 0 radical (unpaired) electrons. The highest BCUT2D eigenvalue weighted by Crippen LogP contribution is 2.34. The Morgan fingerprint density at radius 2 is 1.90 bits per heavy atom. The number of benzene rings is 2. The maximum Gasteiger partial charge on any atom is 0.214 e. The van der Waals surface area contributed by atoms with Crippen molar-refractivity contribution in [3.63, 3.8) is 0 Å². The van der Waals surface area contributed by atoms with Crippen molar-refractivity contribution in [1.29, 1.82) is 0 Å². The number of hydrogen-bond acceptors (Lipinski definition) is 5. The molecule has 1 aromatic heterocycles. The molecule has 0 saturated heterocycles. The topological polar surface area (TPSA) is 64.1 Å². The van der Waals surface area contributed by atoms with Crippen molar-refractivity contribution in [2.45, 2.75) is 33.4 Å². The summed E-state index contributed by atoms with van der Waals surface area (Å²) in [4.78, 5) is 0. The summed E-state index contributed by atoms with van der Waals surface area (Å²) in [5, 5.41) is 7.71. The van der Waals surface area contributed by atoms with Crippen molar-refractivity contribution >= 4 is 39.7 Å². The van der Waals surface area contributed by atoms with Crippen LogP contribution in [0.15, 0.2) is 40.9 Å². The fourth-order valence-electron chi connectivity index (χ4n) is 2.73. The zero-order valence-electron chi connectivity index (χ0n) is 16.2. The van der Waals surface area contributed by atoms with E-state index in [0.717, 1.165) is 27.8 Å². The summed E-state index contributed by atoms with van der Waals surface area (Å²) in [6, 6.07) is 11.5. The van der Waals surface area contributed by atoms with E-state index in [1.807, 2.05) is 50.2 Å². The third-order valence-electron chi connectivity index (χ3n) is 4.21. The molecule has 0 saturated carbocycles. The van der Waals surface area contributed by atoms with Gasteiger partial charge in [-0.25, -0.2) is 4.68 Å². The molecule has 0 unspecified atom stereocenters. The van der Waals surface area contributed by atoms with Gasteiger partial charge in [0.1, 0.15) is 6.61 Å². The fraction of sp³-hybridized carbons (Fsp3) is 0.300. The summed E-state index contributed by atoms with van der Waals surface area (Å²) in [5.41, 5.74) is 5.34. The SMILES string of the molecule is CCOc1cc(CNn2c(CC)n[nH]c2=S)c(Br)cc1OCc1ccc(Cl)cc1. The number of aromatic amines is 1. The average molecular weight is 498 g/mol. The first kappa shape index (κ1) is 21.7. The lowest BCUT2D eigenvalue weighted by Gasteiger charge is -2.16. The van der Waals surface area contributed by atoms with Crippen LogP contribution in [-0.2, 0) is 19.6 Å². The highest BCUT2D eigenvalue weighted by atomic mass is 79.9. The molecule has 0 amide bonds. The van der Waals surface area contributed by atoms with E-state index in [-0.39, 0.29) is 0 Å². The molecule has 1 heterocycles. The van der Waals surface area contributed by atoms with Crippen molar-refractivity contribution in [2.75, 3.05) is 12.0 Å². The maximum atomic E-state index is 6.00. The minimum Gasteiger partial charge on any atom is -0.490 e. The smallest absolute Gasteiger partial charge is 0.214 e. The molecule has 3 aromatic rings. The van der Waals surface area contributed by atoms with Gasteiger partial charge in [0.15, 0.2) is 17.3 Å². The molecule has 3 rings (SSSR count). The van der Waals surface area contributed by atoms with Crippen molar-refractivity contribution in [1.82, 2.24) is 14.9 Å². The number of nitrogens with one attached hydrogen (secondary N) is 2. The quantitative estimate of drug-likeness (QED) is 0.375. The van der Waals surface area contributed by atoms with Gasteiger partial charge in [0.05, 0.1) is 13.2 Å². The predicted molar refractivity (Wildman–Crippen MR) is 121 cm³/mol. The van der Waals surface area contributed by atoms with Crippen LogP contribution in [0.5, 0.6) is 11.5 Å². The van der Waals surface area contributed by atoms with E-state index < -0.39 is 0 Å². The minimum absolute atomic E-state index is 0.422. The van der Waals surface area contributed by atoms with Crippen molar-refractivity contribution in [2.24, 2.45) is 0 Å². The van der Waals surface area contributed by atoms with Crippen LogP contribution in [0.25, 0.3) is 0 Å². The first-order valence-electron chi connectivity index (χ1n) is 9.24. The van der Waals surface area contributed by atoms with Gasteiger partial charge in [-0.3, -0.25) is 5.10 Å². The summed E-state index contributed by atoms with van der Waals surface area (Å²) >= 11 is 14.9. The molecule has 0 spiro atoms. The van der Waals surface area contributed by atoms with Crippen LogP contribution in [0.2, 0.25) is 5.02 Å². The van der Waals surface area contributed by atoms with E-state index in [1.54, 1.807) is 4.68 Å². The first-order chi connectivity index (χ1) is 14.0. The van der Waals surface area contributed by atoms with E-state index >= 15 is 0 Å². The Morgan fingerprint density at radius 3 is 2.59 bits per heavy atom. The van der Waals surface area contributed by atoms with Crippen LogP contribution >= 0.6 is 39.7 Å². The largest absolute Gasteiger partial charge is 0.490 e. The van der Waals surface area contributed by atoms with Crippen LogP contribution in [0.1, 0.15) is 30.8 Å². The van der Waals surface area contributed by atoms with Crippen molar-refractivity contribution in [3.8, 4) is 11.5 Å². The van der Waals surface area contributed by atoms with Crippen LogP contribution in [0.4, 0.5) is 0 Å². The van der Waals surface area contributed by atoms with Crippen molar-refractivity contribution in [3.05, 3.63) is 67.6 Å². The molecule has 2 aromatic carbocycles. The Morgan fingerprint density at radius 1 is 1.17 bits per heavy atom. The molecule has 2 N–H and O–H groups in total. The van der Waals surface area contributed by atoms with Gasteiger partial charge in [0.25, 0.3) is 0 Å². The molecular weight excluding hydrogens is 476 g/mol. The Labute approximate surface area is 188 Å². The van der Waals surface area contributed by atoms with Gasteiger partial charge in [0.2, 0.25) is 4.77 Å². The fourth-order valence-corrected chi connectivity index (χ4v) is 3.53. The number of halogens is 2. The maximum absolute atomic E-state index is 6.00. The predicted octanol–water partition coefficient (Wildman–Crippen LogP) is 5.64. The molecule has 0 fully saturated rings. The van der Waals surface area contributed by atoms with Gasteiger partial charge >= 0.3 is 0 Å². The second-order valence-corrected chi connectivity index (χ2v) is 7.88. The normalized spacial score (nSPS) is 10.8. The standard InChI is InChI=1S/C20H22BrClN4O2S/c1-3-19-24-25-20(29)26(19)23-11-14-9-17(27-4-2)18(10-16(14)21)28-12-13-5-7-15(22)8-6-13/h5-10,23H,3-4,11-12H2,1-2H3,(H,25,29). The third-order valence-corrected chi connectivity index (χ3v) is 5.47. The van der Waals surface area contributed by atoms with Gasteiger partial charge in [-0.15, -0.1) is 0 Å². The molecule has 9 heteroatoms. The highest BCUT2D eigenvalue weighted by molar-refractivity contribution is 9.10. The molecule has 0 aliphatic rings. The Kier molecular flexibility index (Phi) is 7.57. The van der Waals surface area contributed by atoms with Gasteiger partial charge in [0, 0.05) is 15.9 Å². The summed E-state index contributed by atoms with van der Waals surface area (Å²) in [5.74, 6) is 2.21. The van der Waals surface area contributed by atoms with E-state index in [2.05, 4.69) is 31.6 Å². The number of H-pyrrole nitrogens is 1. The van der Waals surface area contributed by atoms with Crippen LogP contribution in [0, 0.1) is 4.77 Å². The molecule has 0 atom stereocenters. The number of rotatable bonds is 9. The van der Waals surface area contributed by atoms with Gasteiger partial charge in [-0.05, 0) is 54.5 Å². The Bertz CT molecular complexity index is 1020. The molecular formula is C20H22BrClN4O2S. The van der Waals surface area contributed by atoms with Gasteiger partial charge < -0.3 is 14.9 Å². The molecule has 0 aliphatic carbocycles. The lowest BCUT2D eigenvalue weighted by molar-refractivity contribution is 0.269. The molecule has 0 aliphatic heterocycles. The summed E-state index contributed by atoms with van der Waals surface area (Å²) in [7, 11) is 0. The van der Waals surface area contributed by atoms with Crippen molar-refractivity contribution < 1.29 is 9.47 Å². The van der Waals surface area contributed by atoms with Gasteiger partial charge in [-0.1, -0.05) is 46.6 Å². The van der Waals surface area contributed by atoms with Crippen LogP contribution in [0.3, 0.4) is 0 Å². The highest BCUT2D eigenvalue weighted by Gasteiger charge is 2.12. The summed E-state index contributed by atoms with van der Waals surface area (Å²) < 4.78 is 15.0. The zero-order valence-corrected chi connectivity index (χ0v) is 19.3. The van der Waals surface area contributed by atoms with E-state index in [1.165, 1.54) is 0 Å². The Hall–Kier alpha value is -2.03. The molecule has 0 bridgehead atoms. The third kappa shape index (κ3) is 5.52. The number of aryl methyl sites for hydroxylation is 1. The van der Waals surface area contributed by atoms with E-state index in [4.69, 9.17) is 33.3 Å². The van der Waals surface area contributed by atoms with Crippen LogP contribution < -0.4 is 14.9 Å². The monoisotopic (exact) mass is 496 g/mol. The zero-order chi connectivity index (χ0) is 20.8. The molecule has 154 valence electrons. The van der Waals surface area contributed by atoms with Crippen LogP contribution in [-0.4, -0.2) is 21.5 Å². The lowest BCUT2D eigenvalue weighted by Crippen LogP contribution is -2.17. The first-order valence-corrected chi connectivity index (χ1v) is 10.8. The average Bonchev–Trinajstić information content (AvgIpc) is 3.07. The summed E-state index contributed by atoms with van der Waals surface area (Å²) in [6.45, 7) is 5.48. The van der Waals surface area contributed by atoms with E-state index in [0.29, 0.717) is 41.1 Å². The number of ether oxygens (including phenoxy) is 2. The second-order valence-electron chi connectivity index (χ2n) is 6.21. The number of hydrogen-bond donors (Lipinski definition) is 2. The minimum atomic E-state index is 0.422. The number of nitrogens with zero attached hydrogens (tertiary/aromatic N) is 2. The molecule has 29 heavy (non-hydrogen) atoms. The molecule has 6 nitrogen and oxygen atoms in total. The lowest BCUT2D eigenvalue weighted by atomic mass is 10.2. The second kappa shape index (κ2) is 10.1. The Balaban J connectivity index is 1.77. The number of aromatic nitrogens is 3. The summed E-state index contributed by atoms with van der Waals surface area (Å²) in [6.07, 6.45) is 0.767. The van der Waals surface area contributed by atoms with E-state index in [9.17, 15) is 0 Å².